The van der Waals surface area contributed by atoms with E-state index < -0.39 is 15.6 Å². The normalized spacial score (nSPS) is 20.4. The molecule has 106 valence electrons. The van der Waals surface area contributed by atoms with Crippen molar-refractivity contribution in [1.29, 1.82) is 0 Å². The number of hydrogen-bond donors (Lipinski definition) is 1. The number of hydrogen-bond acceptors (Lipinski definition) is 4. The molecule has 0 radical (unpaired) electrons. The van der Waals surface area contributed by atoms with Gasteiger partial charge in [-0.05, 0) is 32.0 Å². The predicted octanol–water partition coefficient (Wildman–Crippen LogP) is 1.72. The van der Waals surface area contributed by atoms with E-state index >= 15 is 0 Å². The number of rotatable bonds is 2. The summed E-state index contributed by atoms with van der Waals surface area (Å²) in [5.74, 6) is 0. The summed E-state index contributed by atoms with van der Waals surface area (Å²) < 4.78 is 32.0. The van der Waals surface area contributed by atoms with Gasteiger partial charge in [0.1, 0.15) is 0 Å². The molecule has 0 spiro atoms. The molecule has 7 heteroatoms. The van der Waals surface area contributed by atoms with Crippen molar-refractivity contribution in [3.05, 3.63) is 23.2 Å². The monoisotopic (exact) mass is 304 g/mol. The van der Waals surface area contributed by atoms with Gasteiger partial charge in [-0.2, -0.15) is 4.31 Å². The van der Waals surface area contributed by atoms with Crippen molar-refractivity contribution in [2.45, 2.75) is 24.3 Å². The molecular weight excluding hydrogens is 288 g/mol. The maximum Gasteiger partial charge on any atom is 0.243 e. The van der Waals surface area contributed by atoms with Crippen LogP contribution in [0.1, 0.15) is 13.8 Å². The van der Waals surface area contributed by atoms with Gasteiger partial charge in [0.25, 0.3) is 0 Å². The molecule has 2 rings (SSSR count). The molecule has 0 amide bonds. The molecule has 0 bridgehead atoms. The van der Waals surface area contributed by atoms with Crippen molar-refractivity contribution in [3.63, 3.8) is 0 Å². The second kappa shape index (κ2) is 4.94. The van der Waals surface area contributed by atoms with E-state index in [-0.39, 0.29) is 10.6 Å². The molecule has 5 nitrogen and oxygen atoms in total. The average molecular weight is 305 g/mol. The molecule has 19 heavy (non-hydrogen) atoms. The number of nitrogens with two attached hydrogens (primary N) is 1. The smallest absolute Gasteiger partial charge is 0.243 e. The quantitative estimate of drug-likeness (QED) is 0.844. The van der Waals surface area contributed by atoms with Crippen molar-refractivity contribution in [2.75, 3.05) is 25.4 Å². The Balaban J connectivity index is 2.34. The lowest BCUT2D eigenvalue weighted by Gasteiger charge is -2.37. The molecule has 1 fully saturated rings. The Kier molecular flexibility index (Phi) is 3.79. The Labute approximate surface area is 118 Å². The van der Waals surface area contributed by atoms with Crippen molar-refractivity contribution in [1.82, 2.24) is 4.31 Å². The first-order valence-corrected chi connectivity index (χ1v) is 7.73. The number of halogens is 1. The number of ether oxygens (including phenoxy) is 1. The zero-order chi connectivity index (χ0) is 14.3. The van der Waals surface area contributed by atoms with Crippen LogP contribution in [0.2, 0.25) is 5.02 Å². The lowest BCUT2D eigenvalue weighted by Crippen LogP contribution is -2.50. The minimum Gasteiger partial charge on any atom is -0.397 e. The van der Waals surface area contributed by atoms with Gasteiger partial charge in [0.15, 0.2) is 0 Å². The van der Waals surface area contributed by atoms with Gasteiger partial charge in [0.2, 0.25) is 10.0 Å². The van der Waals surface area contributed by atoms with Gasteiger partial charge >= 0.3 is 0 Å². The largest absolute Gasteiger partial charge is 0.397 e. The Hall–Kier alpha value is -0.820. The molecule has 2 N–H and O–H groups in total. The van der Waals surface area contributed by atoms with Crippen LogP contribution in [-0.4, -0.2) is 38.0 Å². The molecule has 1 saturated heterocycles. The van der Waals surface area contributed by atoms with Gasteiger partial charge in [-0.1, -0.05) is 11.6 Å². The summed E-state index contributed by atoms with van der Waals surface area (Å²) in [5.41, 5.74) is 5.44. The van der Waals surface area contributed by atoms with Crippen molar-refractivity contribution < 1.29 is 13.2 Å². The minimum absolute atomic E-state index is 0.159. The van der Waals surface area contributed by atoms with E-state index in [9.17, 15) is 8.42 Å². The first-order valence-electron chi connectivity index (χ1n) is 5.91. The van der Waals surface area contributed by atoms with Crippen LogP contribution in [0.15, 0.2) is 23.1 Å². The van der Waals surface area contributed by atoms with E-state index in [0.29, 0.717) is 24.7 Å². The average Bonchev–Trinajstić information content (AvgIpc) is 2.31. The SMILES string of the molecule is CC1(C)CN(S(=O)(=O)c2ccc(Cl)c(N)c2)CCO1. The van der Waals surface area contributed by atoms with Crippen molar-refractivity contribution in [2.24, 2.45) is 0 Å². The highest BCUT2D eigenvalue weighted by atomic mass is 35.5. The standard InChI is InChI=1S/C12H17ClN2O3S/c1-12(2)8-15(5-6-18-12)19(16,17)9-3-4-10(13)11(14)7-9/h3-4,7H,5-6,8,14H2,1-2H3. The minimum atomic E-state index is -3.56. The zero-order valence-corrected chi connectivity index (χ0v) is 12.5. The van der Waals surface area contributed by atoms with Gasteiger partial charge in [-0.3, -0.25) is 0 Å². The van der Waals surface area contributed by atoms with Gasteiger partial charge < -0.3 is 10.5 Å². The number of morpholine rings is 1. The molecule has 1 aliphatic heterocycles. The van der Waals surface area contributed by atoms with Crippen molar-refractivity contribution >= 4 is 27.3 Å². The number of nitrogen functional groups attached to an aromatic ring is 1. The lowest BCUT2D eigenvalue weighted by atomic mass is 10.1. The van der Waals surface area contributed by atoms with Crippen LogP contribution in [0.4, 0.5) is 5.69 Å². The Morgan fingerprint density at radius 2 is 2.11 bits per heavy atom. The van der Waals surface area contributed by atoms with Crippen LogP contribution < -0.4 is 5.73 Å². The Morgan fingerprint density at radius 1 is 1.42 bits per heavy atom. The Morgan fingerprint density at radius 3 is 2.68 bits per heavy atom. The van der Waals surface area contributed by atoms with Crippen LogP contribution in [-0.2, 0) is 14.8 Å². The summed E-state index contributed by atoms with van der Waals surface area (Å²) in [6.45, 7) is 4.78. The van der Waals surface area contributed by atoms with E-state index in [1.807, 2.05) is 13.8 Å². The number of nitrogens with zero attached hydrogens (tertiary/aromatic N) is 1. The Bertz CT molecular complexity index is 587. The summed E-state index contributed by atoms with van der Waals surface area (Å²) in [6.07, 6.45) is 0. The van der Waals surface area contributed by atoms with Gasteiger partial charge in [0, 0.05) is 13.1 Å². The van der Waals surface area contributed by atoms with Gasteiger partial charge in [-0.15, -0.1) is 0 Å². The fourth-order valence-electron chi connectivity index (χ4n) is 2.01. The molecule has 0 aromatic heterocycles. The summed E-state index contributed by atoms with van der Waals surface area (Å²) in [7, 11) is -3.56. The molecular formula is C12H17ClN2O3S. The van der Waals surface area contributed by atoms with Crippen LogP contribution in [0, 0.1) is 0 Å². The number of anilines is 1. The van der Waals surface area contributed by atoms with Crippen LogP contribution in [0.5, 0.6) is 0 Å². The summed E-state index contributed by atoms with van der Waals surface area (Å²) in [5, 5.41) is 0.348. The molecule has 1 aromatic carbocycles. The molecule has 0 atom stereocenters. The second-order valence-electron chi connectivity index (χ2n) is 5.13. The van der Waals surface area contributed by atoms with E-state index in [1.54, 1.807) is 0 Å². The number of sulfonamides is 1. The third kappa shape index (κ3) is 3.02. The third-order valence-electron chi connectivity index (χ3n) is 3.00. The lowest BCUT2D eigenvalue weighted by molar-refractivity contribution is -0.0640. The van der Waals surface area contributed by atoms with Gasteiger partial charge in [-0.25, -0.2) is 8.42 Å². The molecule has 1 aliphatic rings. The van der Waals surface area contributed by atoms with Crippen LogP contribution in [0.25, 0.3) is 0 Å². The maximum atomic E-state index is 12.5. The first kappa shape index (κ1) is 14.6. The highest BCUT2D eigenvalue weighted by Gasteiger charge is 2.34. The molecule has 1 aromatic rings. The molecule has 1 heterocycles. The predicted molar refractivity (Wildman–Crippen MR) is 74.7 cm³/mol. The second-order valence-corrected chi connectivity index (χ2v) is 7.48. The third-order valence-corrected chi connectivity index (χ3v) is 5.18. The molecule has 0 aliphatic carbocycles. The zero-order valence-electron chi connectivity index (χ0n) is 10.9. The number of benzene rings is 1. The molecule has 0 saturated carbocycles. The highest BCUT2D eigenvalue weighted by molar-refractivity contribution is 7.89. The maximum absolute atomic E-state index is 12.5. The summed E-state index contributed by atoms with van der Waals surface area (Å²) >= 11 is 5.81. The first-order chi connectivity index (χ1) is 8.72. The van der Waals surface area contributed by atoms with E-state index in [0.717, 1.165) is 0 Å². The van der Waals surface area contributed by atoms with E-state index in [1.165, 1.54) is 22.5 Å². The molecule has 0 unspecified atom stereocenters. The highest BCUT2D eigenvalue weighted by Crippen LogP contribution is 2.27. The summed E-state index contributed by atoms with van der Waals surface area (Å²) in [6, 6.07) is 4.35. The topological polar surface area (TPSA) is 72.6 Å². The van der Waals surface area contributed by atoms with E-state index in [2.05, 4.69) is 0 Å². The van der Waals surface area contributed by atoms with Gasteiger partial charge in [0.05, 0.1) is 27.8 Å². The fraction of sp³-hybridized carbons (Fsp3) is 0.500. The van der Waals surface area contributed by atoms with Crippen molar-refractivity contribution in [3.8, 4) is 0 Å². The van der Waals surface area contributed by atoms with Crippen LogP contribution >= 0.6 is 11.6 Å². The van der Waals surface area contributed by atoms with E-state index in [4.69, 9.17) is 22.1 Å². The summed E-state index contributed by atoms with van der Waals surface area (Å²) in [4.78, 5) is 0.159. The fourth-order valence-corrected chi connectivity index (χ4v) is 3.74. The van der Waals surface area contributed by atoms with Crippen LogP contribution in [0.3, 0.4) is 0 Å².